The van der Waals surface area contributed by atoms with E-state index in [1.807, 2.05) is 25.1 Å². The number of nitrogens with one attached hydrogen (secondary N) is 1. The first-order chi connectivity index (χ1) is 9.97. The quantitative estimate of drug-likeness (QED) is 0.879. The zero-order chi connectivity index (χ0) is 15.3. The van der Waals surface area contributed by atoms with Gasteiger partial charge in [-0.25, -0.2) is 0 Å². The van der Waals surface area contributed by atoms with E-state index < -0.39 is 5.79 Å². The van der Waals surface area contributed by atoms with Gasteiger partial charge in [-0.2, -0.15) is 0 Å². The van der Waals surface area contributed by atoms with E-state index in [-0.39, 0.29) is 11.8 Å². The minimum atomic E-state index is -0.503. The van der Waals surface area contributed by atoms with Gasteiger partial charge in [0.2, 0.25) is 5.91 Å². The van der Waals surface area contributed by atoms with Gasteiger partial charge in [0.1, 0.15) is 0 Å². The van der Waals surface area contributed by atoms with Crippen molar-refractivity contribution in [1.29, 1.82) is 0 Å². The molecular weight excluding hydrogens is 290 g/mol. The highest BCUT2D eigenvalue weighted by molar-refractivity contribution is 6.30. The number of ether oxygens (including phenoxy) is 2. The fourth-order valence-corrected chi connectivity index (χ4v) is 2.78. The molecule has 1 heterocycles. The fraction of sp³-hybridized carbons (Fsp3) is 0.562. The Morgan fingerprint density at radius 3 is 2.81 bits per heavy atom. The number of carbonyl (C=O) groups is 1. The lowest BCUT2D eigenvalue weighted by Crippen LogP contribution is -2.35. The number of carbonyl (C=O) groups excluding carboxylic acids is 1. The third-order valence-electron chi connectivity index (χ3n) is 3.52. The zero-order valence-corrected chi connectivity index (χ0v) is 13.3. The van der Waals surface area contributed by atoms with Crippen molar-refractivity contribution in [3.05, 3.63) is 34.9 Å². The minimum absolute atomic E-state index is 0.00234. The standard InChI is InChI=1S/C16H22ClNO3/c1-12(10-16(2)20-6-7-21-16)11-18-15(19)9-13-4-3-5-14(17)8-13/h3-5,8,12H,6-7,9-11H2,1-2H3,(H,18,19)/t12-/m1/s1. The van der Waals surface area contributed by atoms with Crippen molar-refractivity contribution in [2.45, 2.75) is 32.5 Å². The molecule has 1 aliphatic heterocycles. The van der Waals surface area contributed by atoms with Gasteiger partial charge in [0.05, 0.1) is 19.6 Å². The largest absolute Gasteiger partial charge is 0.356 e. The van der Waals surface area contributed by atoms with E-state index in [9.17, 15) is 4.79 Å². The van der Waals surface area contributed by atoms with Crippen LogP contribution in [0.15, 0.2) is 24.3 Å². The second-order valence-electron chi connectivity index (χ2n) is 5.75. The average molecular weight is 312 g/mol. The molecule has 1 aliphatic rings. The van der Waals surface area contributed by atoms with E-state index in [0.29, 0.717) is 31.2 Å². The Bertz CT molecular complexity index is 486. The summed E-state index contributed by atoms with van der Waals surface area (Å²) in [7, 11) is 0. The third-order valence-corrected chi connectivity index (χ3v) is 3.75. The predicted octanol–water partition coefficient (Wildman–Crippen LogP) is 2.79. The molecule has 1 fully saturated rings. The molecule has 0 unspecified atom stereocenters. The maximum absolute atomic E-state index is 11.9. The van der Waals surface area contributed by atoms with Gasteiger partial charge in [-0.15, -0.1) is 0 Å². The molecule has 0 radical (unpaired) electrons. The van der Waals surface area contributed by atoms with E-state index in [1.54, 1.807) is 6.07 Å². The molecule has 2 rings (SSSR count). The highest BCUT2D eigenvalue weighted by Gasteiger charge is 2.32. The Hall–Kier alpha value is -1.10. The van der Waals surface area contributed by atoms with Gasteiger partial charge in [0.15, 0.2) is 5.79 Å². The van der Waals surface area contributed by atoms with E-state index in [0.717, 1.165) is 12.0 Å². The van der Waals surface area contributed by atoms with E-state index in [2.05, 4.69) is 12.2 Å². The Morgan fingerprint density at radius 2 is 2.14 bits per heavy atom. The van der Waals surface area contributed by atoms with Crippen LogP contribution in [0.4, 0.5) is 0 Å². The highest BCUT2D eigenvalue weighted by Crippen LogP contribution is 2.26. The van der Waals surface area contributed by atoms with Crippen molar-refractivity contribution in [2.24, 2.45) is 5.92 Å². The van der Waals surface area contributed by atoms with E-state index in [4.69, 9.17) is 21.1 Å². The summed E-state index contributed by atoms with van der Waals surface area (Å²) in [6.45, 7) is 5.93. The van der Waals surface area contributed by atoms with Gasteiger partial charge in [0, 0.05) is 18.0 Å². The van der Waals surface area contributed by atoms with Crippen LogP contribution in [-0.4, -0.2) is 31.5 Å². The molecule has 1 saturated heterocycles. The van der Waals surface area contributed by atoms with Gasteiger partial charge < -0.3 is 14.8 Å². The topological polar surface area (TPSA) is 47.6 Å². The molecule has 1 aromatic carbocycles. The summed E-state index contributed by atoms with van der Waals surface area (Å²) in [5.41, 5.74) is 0.919. The smallest absolute Gasteiger partial charge is 0.224 e. The maximum atomic E-state index is 11.9. The monoisotopic (exact) mass is 311 g/mol. The van der Waals surface area contributed by atoms with Gasteiger partial charge >= 0.3 is 0 Å². The molecule has 1 aromatic rings. The third kappa shape index (κ3) is 5.30. The second-order valence-corrected chi connectivity index (χ2v) is 6.19. The molecule has 0 saturated carbocycles. The van der Waals surface area contributed by atoms with Crippen LogP contribution in [0.2, 0.25) is 5.02 Å². The molecule has 1 atom stereocenters. The predicted molar refractivity (Wildman–Crippen MR) is 82.3 cm³/mol. The zero-order valence-electron chi connectivity index (χ0n) is 12.5. The van der Waals surface area contributed by atoms with Crippen molar-refractivity contribution < 1.29 is 14.3 Å². The summed E-state index contributed by atoms with van der Waals surface area (Å²) < 4.78 is 11.2. The fourth-order valence-electron chi connectivity index (χ4n) is 2.56. The first kappa shape index (κ1) is 16.3. The summed E-state index contributed by atoms with van der Waals surface area (Å²) >= 11 is 5.91. The summed E-state index contributed by atoms with van der Waals surface area (Å²) in [6, 6.07) is 7.36. The van der Waals surface area contributed by atoms with Crippen molar-refractivity contribution in [2.75, 3.05) is 19.8 Å². The van der Waals surface area contributed by atoms with Gasteiger partial charge in [-0.05, 0) is 30.5 Å². The summed E-state index contributed by atoms with van der Waals surface area (Å²) in [5.74, 6) is -0.212. The molecule has 5 heteroatoms. The molecule has 116 valence electrons. The lowest BCUT2D eigenvalue weighted by molar-refractivity contribution is -0.154. The van der Waals surface area contributed by atoms with E-state index >= 15 is 0 Å². The van der Waals surface area contributed by atoms with Gasteiger partial charge in [0.25, 0.3) is 0 Å². The molecular formula is C16H22ClNO3. The molecule has 0 aromatic heterocycles. The maximum Gasteiger partial charge on any atom is 0.224 e. The van der Waals surface area contributed by atoms with Crippen LogP contribution in [0, 0.1) is 5.92 Å². The molecule has 0 aliphatic carbocycles. The second kappa shape index (κ2) is 7.25. The van der Waals surface area contributed by atoms with Crippen LogP contribution in [0.1, 0.15) is 25.8 Å². The van der Waals surface area contributed by atoms with Crippen LogP contribution in [-0.2, 0) is 20.7 Å². The van der Waals surface area contributed by atoms with E-state index in [1.165, 1.54) is 0 Å². The summed E-state index contributed by atoms with van der Waals surface area (Å²) in [4.78, 5) is 11.9. The van der Waals surface area contributed by atoms with Crippen molar-refractivity contribution in [3.63, 3.8) is 0 Å². The van der Waals surface area contributed by atoms with Crippen LogP contribution < -0.4 is 5.32 Å². The first-order valence-corrected chi connectivity index (χ1v) is 7.64. The van der Waals surface area contributed by atoms with Crippen LogP contribution in [0.25, 0.3) is 0 Å². The van der Waals surface area contributed by atoms with Gasteiger partial charge in [-0.3, -0.25) is 4.79 Å². The van der Waals surface area contributed by atoms with Crippen LogP contribution in [0.5, 0.6) is 0 Å². The number of halogens is 1. The number of rotatable bonds is 6. The SMILES string of the molecule is C[C@@H](CNC(=O)Cc1cccc(Cl)c1)CC1(C)OCCO1. The Kier molecular flexibility index (Phi) is 5.62. The average Bonchev–Trinajstić information content (AvgIpc) is 2.83. The molecule has 1 N–H and O–H groups in total. The van der Waals surface area contributed by atoms with Crippen LogP contribution in [0.3, 0.4) is 0 Å². The number of benzene rings is 1. The molecule has 0 spiro atoms. The Morgan fingerprint density at radius 1 is 1.43 bits per heavy atom. The Labute approximate surface area is 130 Å². The lowest BCUT2D eigenvalue weighted by Gasteiger charge is -2.26. The Balaban J connectivity index is 1.73. The normalized spacial score (nSPS) is 18.4. The van der Waals surface area contributed by atoms with Crippen molar-refractivity contribution >= 4 is 17.5 Å². The van der Waals surface area contributed by atoms with Crippen molar-refractivity contribution in [1.82, 2.24) is 5.32 Å². The van der Waals surface area contributed by atoms with Gasteiger partial charge in [-0.1, -0.05) is 30.7 Å². The van der Waals surface area contributed by atoms with Crippen molar-refractivity contribution in [3.8, 4) is 0 Å². The molecule has 1 amide bonds. The molecule has 0 bridgehead atoms. The van der Waals surface area contributed by atoms with Crippen LogP contribution >= 0.6 is 11.6 Å². The number of amides is 1. The minimum Gasteiger partial charge on any atom is -0.356 e. The molecule has 21 heavy (non-hydrogen) atoms. The highest BCUT2D eigenvalue weighted by atomic mass is 35.5. The molecule has 4 nitrogen and oxygen atoms in total. The number of hydrogen-bond donors (Lipinski definition) is 1. The number of hydrogen-bond acceptors (Lipinski definition) is 3. The summed E-state index contributed by atoms with van der Waals surface area (Å²) in [6.07, 6.45) is 1.11. The first-order valence-electron chi connectivity index (χ1n) is 7.26. The lowest BCUT2D eigenvalue weighted by atomic mass is 10.0. The summed E-state index contributed by atoms with van der Waals surface area (Å²) in [5, 5.41) is 3.60.